The largest absolute Gasteiger partial charge is 0.356 e. The van der Waals surface area contributed by atoms with Crippen LogP contribution in [-0.2, 0) is 9.59 Å². The number of hydrogen-bond acceptors (Lipinski definition) is 3. The number of carbonyl (C=O) groups excluding carboxylic acids is 2. The zero-order chi connectivity index (χ0) is 12.4. The number of nitrogens with one attached hydrogen (secondary N) is 2. The predicted molar refractivity (Wildman–Crippen MR) is 73.4 cm³/mol. The summed E-state index contributed by atoms with van der Waals surface area (Å²) < 4.78 is 2.95. The van der Waals surface area contributed by atoms with Gasteiger partial charge in [0.15, 0.2) is 0 Å². The fraction of sp³-hybridized carbons (Fsp3) is 0.818. The van der Waals surface area contributed by atoms with Crippen LogP contribution in [0.2, 0.25) is 0 Å². The summed E-state index contributed by atoms with van der Waals surface area (Å²) in [5, 5.41) is 2.86. The Labute approximate surface area is 111 Å². The van der Waals surface area contributed by atoms with Gasteiger partial charge in [0, 0.05) is 35.8 Å². The van der Waals surface area contributed by atoms with E-state index in [1.165, 1.54) is 0 Å². The molecule has 0 saturated heterocycles. The lowest BCUT2D eigenvalue weighted by molar-refractivity contribution is -0.121. The van der Waals surface area contributed by atoms with E-state index in [1.54, 1.807) is 6.92 Å². The number of amides is 1. The van der Waals surface area contributed by atoms with E-state index in [1.807, 2.05) is 29.8 Å². The molecule has 0 saturated carbocycles. The van der Waals surface area contributed by atoms with Gasteiger partial charge in [0.1, 0.15) is 5.78 Å². The molecule has 16 heavy (non-hydrogen) atoms. The minimum absolute atomic E-state index is 0.0491. The number of ketones is 1. The number of unbranched alkanes of at least 4 members (excludes halogenated alkanes) is 1. The van der Waals surface area contributed by atoms with Crippen molar-refractivity contribution in [2.75, 3.05) is 6.54 Å². The lowest BCUT2D eigenvalue weighted by atomic mass is 10.1. The third kappa shape index (κ3) is 8.04. The van der Waals surface area contributed by atoms with Crippen molar-refractivity contribution in [2.24, 2.45) is 0 Å². The molecule has 0 radical (unpaired) electrons. The minimum Gasteiger partial charge on any atom is -0.356 e. The molecule has 0 spiro atoms. The van der Waals surface area contributed by atoms with Crippen LogP contribution in [0.5, 0.6) is 0 Å². The molecular formula is C11H21IN2O2. The molecule has 94 valence electrons. The van der Waals surface area contributed by atoms with Crippen LogP contribution in [0.3, 0.4) is 0 Å². The fourth-order valence-electron chi connectivity index (χ4n) is 1.35. The van der Waals surface area contributed by atoms with Crippen LogP contribution < -0.4 is 8.85 Å². The van der Waals surface area contributed by atoms with Crippen molar-refractivity contribution in [3.63, 3.8) is 0 Å². The first kappa shape index (κ1) is 15.8. The molecule has 0 aromatic rings. The van der Waals surface area contributed by atoms with E-state index in [0.29, 0.717) is 13.0 Å². The second kappa shape index (κ2) is 10.0. The second-order valence-electron chi connectivity index (χ2n) is 3.87. The molecule has 0 rings (SSSR count). The van der Waals surface area contributed by atoms with Gasteiger partial charge >= 0.3 is 0 Å². The average molecular weight is 340 g/mol. The predicted octanol–water partition coefficient (Wildman–Crippen LogP) is 1.97. The zero-order valence-electron chi connectivity index (χ0n) is 10.0. The standard InChI is InChI=1S/C11H21IN2O2/c1-3-6-11(16)13-8-5-4-7-10(14-12)9(2)15/h10,14H,3-8H2,1-2H3,(H,13,16)/t10-/m0/s1. The lowest BCUT2D eigenvalue weighted by Crippen LogP contribution is -2.29. The van der Waals surface area contributed by atoms with Crippen LogP contribution in [0.1, 0.15) is 46.0 Å². The molecule has 4 nitrogen and oxygen atoms in total. The van der Waals surface area contributed by atoms with Crippen LogP contribution in [0.25, 0.3) is 0 Å². The maximum absolute atomic E-state index is 11.1. The van der Waals surface area contributed by atoms with Gasteiger partial charge < -0.3 is 5.32 Å². The van der Waals surface area contributed by atoms with E-state index in [-0.39, 0.29) is 17.7 Å². The smallest absolute Gasteiger partial charge is 0.219 e. The number of hydrogen-bond donors (Lipinski definition) is 2. The Kier molecular flexibility index (Phi) is 9.91. The molecule has 2 N–H and O–H groups in total. The zero-order valence-corrected chi connectivity index (χ0v) is 12.2. The SMILES string of the molecule is CCCC(=O)NCCCC[C@H](NI)C(C)=O. The van der Waals surface area contributed by atoms with Gasteiger partial charge in [-0.2, -0.15) is 0 Å². The van der Waals surface area contributed by atoms with Crippen LogP contribution in [0.15, 0.2) is 0 Å². The van der Waals surface area contributed by atoms with Gasteiger partial charge in [-0.15, -0.1) is 0 Å². The molecule has 0 aliphatic carbocycles. The topological polar surface area (TPSA) is 58.2 Å². The van der Waals surface area contributed by atoms with E-state index in [4.69, 9.17) is 0 Å². The summed E-state index contributed by atoms with van der Waals surface area (Å²) in [5.41, 5.74) is 0. The summed E-state index contributed by atoms with van der Waals surface area (Å²) in [6, 6.07) is -0.0491. The highest BCUT2D eigenvalue weighted by Crippen LogP contribution is 2.03. The minimum atomic E-state index is -0.0491. The Morgan fingerprint density at radius 3 is 2.50 bits per heavy atom. The van der Waals surface area contributed by atoms with Gasteiger partial charge in [0.25, 0.3) is 0 Å². The van der Waals surface area contributed by atoms with E-state index in [2.05, 4.69) is 8.85 Å². The molecule has 0 aromatic carbocycles. The van der Waals surface area contributed by atoms with E-state index in [9.17, 15) is 9.59 Å². The van der Waals surface area contributed by atoms with Gasteiger partial charge in [0.2, 0.25) is 5.91 Å². The second-order valence-corrected chi connectivity index (χ2v) is 4.49. The lowest BCUT2D eigenvalue weighted by Gasteiger charge is -2.11. The van der Waals surface area contributed by atoms with Crippen LogP contribution >= 0.6 is 22.9 Å². The Balaban J connectivity index is 3.45. The van der Waals surface area contributed by atoms with Crippen molar-refractivity contribution in [3.05, 3.63) is 0 Å². The van der Waals surface area contributed by atoms with E-state index < -0.39 is 0 Å². The fourth-order valence-corrected chi connectivity index (χ4v) is 2.10. The summed E-state index contributed by atoms with van der Waals surface area (Å²) in [6.07, 6.45) is 4.20. The van der Waals surface area contributed by atoms with Gasteiger partial charge in [-0.3, -0.25) is 13.1 Å². The quantitative estimate of drug-likeness (QED) is 0.383. The van der Waals surface area contributed by atoms with Crippen molar-refractivity contribution >= 4 is 34.6 Å². The maximum atomic E-state index is 11.1. The maximum Gasteiger partial charge on any atom is 0.219 e. The summed E-state index contributed by atoms with van der Waals surface area (Å²) in [7, 11) is 0. The van der Waals surface area contributed by atoms with Crippen LogP contribution in [-0.4, -0.2) is 24.3 Å². The Morgan fingerprint density at radius 1 is 1.31 bits per heavy atom. The molecule has 0 bridgehead atoms. The molecule has 0 fully saturated rings. The highest BCUT2D eigenvalue weighted by atomic mass is 127. The van der Waals surface area contributed by atoms with Crippen molar-refractivity contribution in [1.29, 1.82) is 0 Å². The molecular weight excluding hydrogens is 319 g/mol. The molecule has 1 amide bonds. The molecule has 0 unspecified atom stereocenters. The van der Waals surface area contributed by atoms with Crippen LogP contribution in [0, 0.1) is 0 Å². The van der Waals surface area contributed by atoms with Gasteiger partial charge in [0.05, 0.1) is 6.04 Å². The van der Waals surface area contributed by atoms with E-state index >= 15 is 0 Å². The Bertz CT molecular complexity index is 222. The molecule has 0 aliphatic heterocycles. The average Bonchev–Trinajstić information content (AvgIpc) is 2.23. The first-order valence-corrected chi connectivity index (χ1v) is 6.83. The first-order valence-electron chi connectivity index (χ1n) is 5.75. The first-order chi connectivity index (χ1) is 7.61. The molecule has 0 aromatic heterocycles. The third-order valence-corrected chi connectivity index (χ3v) is 3.09. The van der Waals surface area contributed by atoms with E-state index in [0.717, 1.165) is 25.7 Å². The Hall–Kier alpha value is -0.170. The van der Waals surface area contributed by atoms with Crippen LogP contribution in [0.4, 0.5) is 0 Å². The summed E-state index contributed by atoms with van der Waals surface area (Å²) in [6.45, 7) is 4.30. The Morgan fingerprint density at radius 2 is 2.00 bits per heavy atom. The monoisotopic (exact) mass is 340 g/mol. The molecule has 0 aliphatic rings. The van der Waals surface area contributed by atoms with Gasteiger partial charge in [-0.05, 0) is 32.6 Å². The summed E-state index contributed by atoms with van der Waals surface area (Å²) >= 11 is 2.01. The van der Waals surface area contributed by atoms with Crippen molar-refractivity contribution in [2.45, 2.75) is 52.0 Å². The number of carbonyl (C=O) groups is 2. The van der Waals surface area contributed by atoms with Crippen molar-refractivity contribution in [3.8, 4) is 0 Å². The number of rotatable bonds is 9. The van der Waals surface area contributed by atoms with Crippen molar-refractivity contribution in [1.82, 2.24) is 8.85 Å². The van der Waals surface area contributed by atoms with Crippen molar-refractivity contribution < 1.29 is 9.59 Å². The summed E-state index contributed by atoms with van der Waals surface area (Å²) in [5.74, 6) is 0.294. The van der Waals surface area contributed by atoms with Gasteiger partial charge in [-0.1, -0.05) is 6.92 Å². The highest BCUT2D eigenvalue weighted by molar-refractivity contribution is 14.1. The molecule has 0 heterocycles. The number of halogens is 1. The normalized spacial score (nSPS) is 12.2. The number of Topliss-reactive ketones (excluding diaryl/α,β-unsaturated/α-hetero) is 1. The molecule has 1 atom stereocenters. The summed E-state index contributed by atoms with van der Waals surface area (Å²) in [4.78, 5) is 22.2. The highest BCUT2D eigenvalue weighted by Gasteiger charge is 2.10. The molecule has 5 heteroatoms. The third-order valence-electron chi connectivity index (χ3n) is 2.34. The van der Waals surface area contributed by atoms with Gasteiger partial charge in [-0.25, -0.2) is 0 Å².